The number of nitrogens with one attached hydrogen (secondary N) is 1. The number of rotatable bonds is 9. The summed E-state index contributed by atoms with van der Waals surface area (Å²) in [6.07, 6.45) is 8.95. The zero-order chi connectivity index (χ0) is 13.4. The summed E-state index contributed by atoms with van der Waals surface area (Å²) in [5.41, 5.74) is 0.280. The molecule has 2 rings (SSSR count). The molecule has 1 aliphatic carbocycles. The van der Waals surface area contributed by atoms with Gasteiger partial charge in [-0.3, -0.25) is 0 Å². The Bertz CT molecular complexity index is 235. The van der Waals surface area contributed by atoms with Gasteiger partial charge in [-0.15, -0.1) is 0 Å². The van der Waals surface area contributed by atoms with Crippen molar-refractivity contribution in [3.05, 3.63) is 0 Å². The first-order valence-electron chi connectivity index (χ1n) is 8.21. The van der Waals surface area contributed by atoms with E-state index in [2.05, 4.69) is 12.2 Å². The van der Waals surface area contributed by atoms with Crippen LogP contribution in [0.1, 0.15) is 51.9 Å². The van der Waals surface area contributed by atoms with Gasteiger partial charge >= 0.3 is 0 Å². The molecule has 0 bridgehead atoms. The van der Waals surface area contributed by atoms with E-state index in [0.717, 1.165) is 45.4 Å². The fourth-order valence-corrected chi connectivity index (χ4v) is 2.92. The van der Waals surface area contributed by atoms with E-state index in [0.29, 0.717) is 0 Å². The third-order valence-corrected chi connectivity index (χ3v) is 4.70. The summed E-state index contributed by atoms with van der Waals surface area (Å²) in [5, 5.41) is 3.45. The van der Waals surface area contributed by atoms with Gasteiger partial charge in [0.1, 0.15) is 0 Å². The lowest BCUT2D eigenvalue weighted by Gasteiger charge is -2.38. The van der Waals surface area contributed by atoms with Crippen molar-refractivity contribution in [1.29, 1.82) is 0 Å². The number of hydrogen-bond acceptors (Lipinski definition) is 3. The van der Waals surface area contributed by atoms with E-state index >= 15 is 0 Å². The van der Waals surface area contributed by atoms with Gasteiger partial charge in [0, 0.05) is 18.6 Å². The van der Waals surface area contributed by atoms with E-state index in [1.165, 1.54) is 44.9 Å². The molecule has 1 N–H and O–H groups in total. The first-order chi connectivity index (χ1) is 9.35. The van der Waals surface area contributed by atoms with Crippen LogP contribution in [0, 0.1) is 11.3 Å². The number of hydrogen-bond donors (Lipinski definition) is 1. The van der Waals surface area contributed by atoms with E-state index in [1.54, 1.807) is 0 Å². The molecule has 3 nitrogen and oxygen atoms in total. The minimum absolute atomic E-state index is 0.280. The maximum absolute atomic E-state index is 6.03. The highest BCUT2D eigenvalue weighted by atomic mass is 16.5. The monoisotopic (exact) mass is 269 g/mol. The number of unbranched alkanes of at least 4 members (excludes halogenated alkanes) is 1. The molecule has 0 spiro atoms. The summed E-state index contributed by atoms with van der Waals surface area (Å²) in [6.45, 7) is 8.12. The van der Waals surface area contributed by atoms with Crippen molar-refractivity contribution in [3.63, 3.8) is 0 Å². The minimum Gasteiger partial charge on any atom is -0.381 e. The van der Waals surface area contributed by atoms with E-state index in [9.17, 15) is 0 Å². The Kier molecular flexibility index (Phi) is 6.62. The average molecular weight is 269 g/mol. The maximum Gasteiger partial charge on any atom is 0.0545 e. The zero-order valence-corrected chi connectivity index (χ0v) is 12.6. The van der Waals surface area contributed by atoms with E-state index in [4.69, 9.17) is 9.47 Å². The van der Waals surface area contributed by atoms with Crippen molar-refractivity contribution in [2.24, 2.45) is 11.3 Å². The van der Waals surface area contributed by atoms with Crippen LogP contribution >= 0.6 is 0 Å². The number of piperidine rings is 1. The topological polar surface area (TPSA) is 30.5 Å². The fraction of sp³-hybridized carbons (Fsp3) is 1.00. The lowest BCUT2D eigenvalue weighted by atomic mass is 9.80. The molecule has 0 unspecified atom stereocenters. The second-order valence-electron chi connectivity index (χ2n) is 6.47. The number of ether oxygens (including phenoxy) is 2. The van der Waals surface area contributed by atoms with Gasteiger partial charge in [0.25, 0.3) is 0 Å². The molecular weight excluding hydrogens is 238 g/mol. The normalized spacial score (nSPS) is 23.2. The molecule has 0 aromatic carbocycles. The molecule has 1 saturated carbocycles. The Morgan fingerprint density at radius 1 is 1.11 bits per heavy atom. The van der Waals surface area contributed by atoms with Crippen molar-refractivity contribution in [3.8, 4) is 0 Å². The van der Waals surface area contributed by atoms with E-state index in [1.807, 2.05) is 0 Å². The third-order valence-electron chi connectivity index (χ3n) is 4.70. The molecule has 1 heterocycles. The van der Waals surface area contributed by atoms with Crippen LogP contribution in [-0.4, -0.2) is 39.5 Å². The Balaban J connectivity index is 1.69. The van der Waals surface area contributed by atoms with E-state index in [-0.39, 0.29) is 5.41 Å². The summed E-state index contributed by atoms with van der Waals surface area (Å²) < 4.78 is 11.9. The highest BCUT2D eigenvalue weighted by Gasteiger charge is 2.33. The Hall–Kier alpha value is -0.120. The minimum atomic E-state index is 0.280. The molecule has 0 aromatic heterocycles. The largest absolute Gasteiger partial charge is 0.381 e. The van der Waals surface area contributed by atoms with Gasteiger partial charge in [-0.25, -0.2) is 0 Å². The van der Waals surface area contributed by atoms with Gasteiger partial charge in [-0.05, 0) is 51.1 Å². The summed E-state index contributed by atoms with van der Waals surface area (Å²) in [5.74, 6) is 0.847. The molecule has 2 fully saturated rings. The van der Waals surface area contributed by atoms with Crippen LogP contribution < -0.4 is 5.32 Å². The van der Waals surface area contributed by atoms with Crippen LogP contribution in [0.15, 0.2) is 0 Å². The summed E-state index contributed by atoms with van der Waals surface area (Å²) in [7, 11) is 0. The Morgan fingerprint density at radius 2 is 1.84 bits per heavy atom. The Labute approximate surface area is 118 Å². The molecule has 0 amide bonds. The average Bonchev–Trinajstić information content (AvgIpc) is 2.39. The van der Waals surface area contributed by atoms with E-state index < -0.39 is 0 Å². The standard InChI is InChI=1S/C16H31NO2/c1-2-3-11-18-13-16(7-9-17-10-8-16)14-19-12-15-5-4-6-15/h15,17H,2-14H2,1H3. The molecule has 1 aliphatic heterocycles. The van der Waals surface area contributed by atoms with Crippen molar-refractivity contribution in [2.75, 3.05) is 39.5 Å². The lowest BCUT2D eigenvalue weighted by molar-refractivity contribution is -0.0515. The second-order valence-corrected chi connectivity index (χ2v) is 6.47. The third kappa shape index (κ3) is 5.05. The Morgan fingerprint density at radius 3 is 2.47 bits per heavy atom. The van der Waals surface area contributed by atoms with Crippen LogP contribution in [0.3, 0.4) is 0 Å². The first-order valence-corrected chi connectivity index (χ1v) is 8.21. The van der Waals surface area contributed by atoms with Crippen LogP contribution in [0.5, 0.6) is 0 Å². The summed E-state index contributed by atoms with van der Waals surface area (Å²) in [6, 6.07) is 0. The smallest absolute Gasteiger partial charge is 0.0545 e. The van der Waals surface area contributed by atoms with Gasteiger partial charge < -0.3 is 14.8 Å². The van der Waals surface area contributed by atoms with Crippen molar-refractivity contribution < 1.29 is 9.47 Å². The van der Waals surface area contributed by atoms with Crippen LogP contribution in [0.2, 0.25) is 0 Å². The first kappa shape index (κ1) is 15.3. The van der Waals surface area contributed by atoms with Crippen LogP contribution in [-0.2, 0) is 9.47 Å². The molecule has 0 atom stereocenters. The summed E-state index contributed by atoms with van der Waals surface area (Å²) >= 11 is 0. The van der Waals surface area contributed by atoms with Gasteiger partial charge in [0.2, 0.25) is 0 Å². The molecule has 2 aliphatic rings. The van der Waals surface area contributed by atoms with Gasteiger partial charge in [-0.1, -0.05) is 19.8 Å². The molecule has 0 radical (unpaired) electrons. The van der Waals surface area contributed by atoms with Crippen molar-refractivity contribution in [1.82, 2.24) is 5.32 Å². The predicted octanol–water partition coefficient (Wildman–Crippen LogP) is 2.99. The predicted molar refractivity (Wildman–Crippen MR) is 78.4 cm³/mol. The molecule has 19 heavy (non-hydrogen) atoms. The fourth-order valence-electron chi connectivity index (χ4n) is 2.92. The maximum atomic E-state index is 6.03. The molecular formula is C16H31NO2. The molecule has 112 valence electrons. The summed E-state index contributed by atoms with van der Waals surface area (Å²) in [4.78, 5) is 0. The quantitative estimate of drug-likeness (QED) is 0.653. The SMILES string of the molecule is CCCCOCC1(COCC2CCC2)CCNCC1. The second kappa shape index (κ2) is 8.23. The van der Waals surface area contributed by atoms with Crippen molar-refractivity contribution >= 4 is 0 Å². The lowest BCUT2D eigenvalue weighted by Crippen LogP contribution is -2.43. The van der Waals surface area contributed by atoms with Gasteiger partial charge in [0.15, 0.2) is 0 Å². The van der Waals surface area contributed by atoms with Gasteiger partial charge in [-0.2, -0.15) is 0 Å². The van der Waals surface area contributed by atoms with Gasteiger partial charge in [0.05, 0.1) is 13.2 Å². The van der Waals surface area contributed by atoms with Crippen LogP contribution in [0.4, 0.5) is 0 Å². The molecule has 1 saturated heterocycles. The highest BCUT2D eigenvalue weighted by molar-refractivity contribution is 4.85. The van der Waals surface area contributed by atoms with Crippen LogP contribution in [0.25, 0.3) is 0 Å². The highest BCUT2D eigenvalue weighted by Crippen LogP contribution is 2.31. The molecule has 3 heteroatoms. The zero-order valence-electron chi connectivity index (χ0n) is 12.6. The van der Waals surface area contributed by atoms with Crippen molar-refractivity contribution in [2.45, 2.75) is 51.9 Å². The molecule has 0 aromatic rings.